The van der Waals surface area contributed by atoms with Crippen molar-refractivity contribution in [2.75, 3.05) is 39.6 Å². The molecule has 0 fully saturated rings. The third kappa shape index (κ3) is 33.5. The van der Waals surface area contributed by atoms with Crippen molar-refractivity contribution in [2.24, 2.45) is 23.2 Å². The molecule has 2 N–H and O–H groups in total. The Labute approximate surface area is 418 Å². The Balaban J connectivity index is -0.000000603. The molecule has 0 aliphatic rings. The van der Waals surface area contributed by atoms with Gasteiger partial charge in [-0.3, -0.25) is 14.4 Å². The lowest BCUT2D eigenvalue weighted by atomic mass is 9.83. The fourth-order valence-corrected chi connectivity index (χ4v) is 6.62. The van der Waals surface area contributed by atoms with Gasteiger partial charge in [0.25, 0.3) is 0 Å². The first-order chi connectivity index (χ1) is 33.6. The fraction of sp³-hybridized carbons (Fsp3) is 0.759. The summed E-state index contributed by atoms with van der Waals surface area (Å²) in [5.41, 5.74) is 1.90. The summed E-state index contributed by atoms with van der Waals surface area (Å²) in [6.45, 7) is 22.1. The topological polar surface area (TPSA) is 223 Å². The maximum atomic E-state index is 13.2. The van der Waals surface area contributed by atoms with Crippen LogP contribution < -0.4 is 0 Å². The van der Waals surface area contributed by atoms with Crippen LogP contribution in [0.2, 0.25) is 0 Å². The molecular formula is C54H94O15. The molecule has 1 rings (SSSR count). The van der Waals surface area contributed by atoms with E-state index in [9.17, 15) is 28.8 Å². The van der Waals surface area contributed by atoms with Crippen molar-refractivity contribution in [2.45, 2.75) is 205 Å². The second kappa shape index (κ2) is 45.8. The van der Waals surface area contributed by atoms with Gasteiger partial charge in [0, 0.05) is 0 Å². The van der Waals surface area contributed by atoms with Crippen molar-refractivity contribution in [3.63, 3.8) is 0 Å². The van der Waals surface area contributed by atoms with E-state index >= 15 is 0 Å². The van der Waals surface area contributed by atoms with Crippen molar-refractivity contribution < 1.29 is 72.3 Å². The van der Waals surface area contributed by atoms with Gasteiger partial charge in [-0.15, -0.1) is 0 Å². The highest BCUT2D eigenvalue weighted by Crippen LogP contribution is 2.30. The summed E-state index contributed by atoms with van der Waals surface area (Å²) in [4.78, 5) is 91.9. The van der Waals surface area contributed by atoms with Gasteiger partial charge in [0.2, 0.25) is 2.86 Å². The smallest absolute Gasteiger partial charge is 0.373 e. The third-order valence-electron chi connectivity index (χ3n) is 11.5. The summed E-state index contributed by atoms with van der Waals surface area (Å²) >= 11 is 0. The van der Waals surface area contributed by atoms with Crippen LogP contribution >= 0.6 is 0 Å². The number of hydrogen-bond acceptors (Lipinski definition) is 14. The fourth-order valence-electron chi connectivity index (χ4n) is 6.62. The summed E-state index contributed by atoms with van der Waals surface area (Å²) in [6.07, 6.45) is 17.1. The standard InChI is InChI=1S/C33H54O6.C19H34O6.CO2.CH4.H2O/c1-7-13-16-25(10-4)22-37-31(34)28-19-20-29(32(35)38-23-26(11-5)17-14-8-2)30(21-28)33(36)39-24-27(12-6)18-15-9-3;1-5-8-11-23-16(20)14-19(4,18(22)25-13-10-7-3)15-17(21)24-12-9-6-2;2-1-3;;/h19-21,25-27H,7-18,22-24H2,1-6H3;5-15H2,1-4H3;;1H4;1H2/i/hT2. The Morgan fingerprint density at radius 1 is 0.536 bits per heavy atom. The minimum absolute atomic E-state index is 0. The van der Waals surface area contributed by atoms with Crippen LogP contribution in [0.5, 0.6) is 0 Å². The number of esters is 6. The van der Waals surface area contributed by atoms with Crippen LogP contribution in [-0.2, 0) is 52.4 Å². The van der Waals surface area contributed by atoms with Gasteiger partial charge in [-0.2, -0.15) is 9.59 Å². The van der Waals surface area contributed by atoms with Crippen LogP contribution in [0.15, 0.2) is 18.2 Å². The number of carbonyl (C=O) groups is 6. The summed E-state index contributed by atoms with van der Waals surface area (Å²) in [5.74, 6) is -2.38. The summed E-state index contributed by atoms with van der Waals surface area (Å²) in [5, 5.41) is 0. The van der Waals surface area contributed by atoms with Crippen LogP contribution in [0, 0.1) is 23.2 Å². The molecule has 0 heterocycles. The molecule has 3 unspecified atom stereocenters. The van der Waals surface area contributed by atoms with E-state index in [1.54, 1.807) is 6.92 Å². The Morgan fingerprint density at radius 2 is 0.870 bits per heavy atom. The van der Waals surface area contributed by atoms with Gasteiger partial charge >= 0.3 is 42.0 Å². The second-order valence-corrected chi connectivity index (χ2v) is 17.4. The molecule has 0 aliphatic heterocycles. The molecule has 3 atom stereocenters. The summed E-state index contributed by atoms with van der Waals surface area (Å²) < 4.78 is 43.2. The van der Waals surface area contributed by atoms with Gasteiger partial charge in [0.05, 0.1) is 74.6 Å². The number of hydrogen-bond donors (Lipinski definition) is 0. The van der Waals surface area contributed by atoms with Crippen molar-refractivity contribution >= 4 is 42.0 Å². The van der Waals surface area contributed by atoms with Crippen molar-refractivity contribution in [3.05, 3.63) is 34.9 Å². The largest absolute Gasteiger partial charge is 0.466 e. The molecule has 0 bridgehead atoms. The highest BCUT2D eigenvalue weighted by molar-refractivity contribution is 6.05. The molecule has 0 radical (unpaired) electrons. The SMILES string of the molecule is C.CCCCC(CC)COC(=O)c1ccc(C(=O)OCC(CC)CCCC)c(C(=O)OCC(CC)CCCC)c1.CCCCOC(=O)CC(C)(CC(=O)OCCCC)C(=O)OCCCC.O=C=O.[3H]O[3H]. The highest BCUT2D eigenvalue weighted by atomic mass is 16.6. The van der Waals surface area contributed by atoms with Crippen molar-refractivity contribution in [1.29, 1.82) is 2.86 Å². The predicted molar refractivity (Wildman–Crippen MR) is 268 cm³/mol. The lowest BCUT2D eigenvalue weighted by molar-refractivity contribution is -0.191. The number of rotatable bonds is 35. The quantitative estimate of drug-likeness (QED) is 0.0350. The van der Waals surface area contributed by atoms with E-state index in [2.05, 4.69) is 47.0 Å². The zero-order chi connectivity index (χ0) is 53.6. The average Bonchev–Trinajstić information content (AvgIpc) is 3.34. The Morgan fingerprint density at radius 3 is 1.22 bits per heavy atom. The van der Waals surface area contributed by atoms with E-state index in [0.29, 0.717) is 32.3 Å². The van der Waals surface area contributed by atoms with Crippen molar-refractivity contribution in [1.82, 2.24) is 0 Å². The molecule has 0 saturated heterocycles. The minimum Gasteiger partial charge on any atom is -0.466 e. The van der Waals surface area contributed by atoms with Crippen LogP contribution in [0.3, 0.4) is 0 Å². The number of ether oxygens (including phenoxy) is 6. The van der Waals surface area contributed by atoms with E-state index in [4.69, 9.17) is 40.9 Å². The first-order valence-corrected chi connectivity index (χ1v) is 25.3. The maximum Gasteiger partial charge on any atom is 0.373 e. The van der Waals surface area contributed by atoms with Gasteiger partial charge in [0.1, 0.15) is 0 Å². The van der Waals surface area contributed by atoms with Gasteiger partial charge in [-0.05, 0) is 81.4 Å². The molecule has 1 aromatic carbocycles. The Hall–Kier alpha value is -4.62. The average molecular weight is 987 g/mol. The van der Waals surface area contributed by atoms with Gasteiger partial charge in [-0.1, -0.05) is 147 Å². The minimum atomic E-state index is -1.26. The van der Waals surface area contributed by atoms with Crippen LogP contribution in [0.1, 0.15) is 236 Å². The van der Waals surface area contributed by atoms with Crippen LogP contribution in [0.25, 0.3) is 0 Å². The lowest BCUT2D eigenvalue weighted by Crippen LogP contribution is -2.36. The van der Waals surface area contributed by atoms with Crippen molar-refractivity contribution in [3.8, 4) is 0 Å². The van der Waals surface area contributed by atoms with Crippen LogP contribution in [-0.4, -0.2) is 90.0 Å². The van der Waals surface area contributed by atoms with Crippen LogP contribution in [0.4, 0.5) is 0 Å². The Bertz CT molecular complexity index is 1560. The number of benzene rings is 1. The molecule has 0 saturated carbocycles. The van der Waals surface area contributed by atoms with E-state index < -0.39 is 41.2 Å². The van der Waals surface area contributed by atoms with E-state index in [1.165, 1.54) is 18.2 Å². The van der Waals surface area contributed by atoms with E-state index in [1.807, 2.05) is 20.8 Å². The lowest BCUT2D eigenvalue weighted by Gasteiger charge is -2.25. The predicted octanol–water partition coefficient (Wildman–Crippen LogP) is 11.8. The number of unbranched alkanes of at least 4 members (excludes halogenated alkanes) is 6. The second-order valence-electron chi connectivity index (χ2n) is 17.4. The third-order valence-corrected chi connectivity index (χ3v) is 11.5. The maximum absolute atomic E-state index is 13.2. The molecule has 0 amide bonds. The van der Waals surface area contributed by atoms with Gasteiger partial charge in [-0.25, -0.2) is 14.4 Å². The molecule has 0 aromatic heterocycles. The molecule has 0 spiro atoms. The monoisotopic (exact) mass is 987 g/mol. The molecule has 400 valence electrons. The van der Waals surface area contributed by atoms with E-state index in [-0.39, 0.29) is 68.2 Å². The number of carbonyl (C=O) groups excluding carboxylic acids is 8. The molecule has 15 heteroatoms. The van der Waals surface area contributed by atoms with E-state index in [0.717, 1.165) is 116 Å². The molecule has 1 aromatic rings. The zero-order valence-electron chi connectivity index (χ0n) is 45.5. The molecule has 15 nitrogen and oxygen atoms in total. The first kappa shape index (κ1) is 66.5. The van der Waals surface area contributed by atoms with Gasteiger partial charge < -0.3 is 33.9 Å². The Kier molecular flexibility index (Phi) is 44.1. The normalized spacial score (nSPS) is 12.0. The molecular weight excluding hydrogens is 889 g/mol. The first-order valence-electron chi connectivity index (χ1n) is 26.1. The summed E-state index contributed by atoms with van der Waals surface area (Å²) in [7, 11) is 0. The highest BCUT2D eigenvalue weighted by Gasteiger charge is 2.40. The van der Waals surface area contributed by atoms with Gasteiger partial charge in [0.15, 0.2) is 0 Å². The summed E-state index contributed by atoms with van der Waals surface area (Å²) in [6, 6.07) is 4.45. The molecule has 69 heavy (non-hydrogen) atoms. The molecule has 0 aliphatic carbocycles. The zero-order valence-corrected chi connectivity index (χ0v) is 43.5.